The Kier molecular flexibility index (Phi) is 40.8. The van der Waals surface area contributed by atoms with Crippen LogP contribution in [0.1, 0.15) is 160 Å². The van der Waals surface area contributed by atoms with Gasteiger partial charge in [-0.05, 0) is 75.3 Å². The first-order chi connectivity index (χ1) is 55.7. The second kappa shape index (κ2) is 49.3. The van der Waals surface area contributed by atoms with E-state index in [1.165, 1.54) is 24.3 Å². The van der Waals surface area contributed by atoms with Crippen LogP contribution in [0.25, 0.3) is 10.9 Å². The van der Waals surface area contributed by atoms with E-state index in [0.717, 1.165) is 59.3 Å². The van der Waals surface area contributed by atoms with E-state index in [-0.39, 0.29) is 37.1 Å². The number of Topliss-reactive ketones (excluding diaryl/α,β-unsaturated/α-hetero) is 1. The molecule has 43 nitrogen and oxygen atoms in total. The number of H-pyrrole nitrogens is 1. The molecule has 43 heteroatoms. The molecule has 0 saturated carbocycles. The van der Waals surface area contributed by atoms with E-state index in [0.29, 0.717) is 35.2 Å². The normalized spacial score (nSPS) is 21.2. The molecular weight excluding hydrogens is 1550 g/mol. The van der Waals surface area contributed by atoms with Crippen molar-refractivity contribution in [1.29, 1.82) is 0 Å². The number of nitrogens with one attached hydrogen (secondary N) is 14. The summed E-state index contributed by atoms with van der Waals surface area (Å²) in [7, 11) is 0. The third-order valence-corrected chi connectivity index (χ3v) is 18.9. The number of ether oxygens (including phenoxy) is 1. The van der Waals surface area contributed by atoms with E-state index in [1.807, 2.05) is 16.0 Å². The minimum Gasteiger partial charge on any atom is -0.481 e. The van der Waals surface area contributed by atoms with Crippen LogP contribution in [0, 0.1) is 11.8 Å². The van der Waals surface area contributed by atoms with Gasteiger partial charge >= 0.3 is 29.8 Å². The van der Waals surface area contributed by atoms with Crippen molar-refractivity contribution in [2.45, 2.75) is 223 Å². The molecule has 14 amide bonds. The van der Waals surface area contributed by atoms with E-state index in [9.17, 15) is 121 Å². The first kappa shape index (κ1) is 97.7. The number of primary amides is 1. The summed E-state index contributed by atoms with van der Waals surface area (Å²) < 4.78 is 5.69. The summed E-state index contributed by atoms with van der Waals surface area (Å²) in [6.07, 6.45) is -1.15. The van der Waals surface area contributed by atoms with E-state index < -0.39 is 261 Å². The number of aliphatic hydroxyl groups is 1. The maximum absolute atomic E-state index is 14.9. The van der Waals surface area contributed by atoms with E-state index in [4.69, 9.17) is 21.9 Å². The van der Waals surface area contributed by atoms with Crippen molar-refractivity contribution in [2.24, 2.45) is 23.3 Å². The number of benzene rings is 2. The van der Waals surface area contributed by atoms with Gasteiger partial charge in [-0.25, -0.2) is 4.79 Å². The quantitative estimate of drug-likeness (QED) is 0.0112. The van der Waals surface area contributed by atoms with Gasteiger partial charge in [0.2, 0.25) is 82.7 Å². The highest BCUT2D eigenvalue weighted by Crippen LogP contribution is 2.22. The molecule has 4 rings (SSSR count). The number of nitrogens with two attached hydrogens (primary N) is 3. The highest BCUT2D eigenvalue weighted by molar-refractivity contribution is 6.05. The zero-order valence-electron chi connectivity index (χ0n) is 65.9. The van der Waals surface area contributed by atoms with E-state index in [1.54, 1.807) is 30.5 Å². The molecule has 12 unspecified atom stereocenters. The molecule has 3 aromatic rings. The fourth-order valence-corrected chi connectivity index (χ4v) is 12.2. The maximum atomic E-state index is 14.9. The number of para-hydroxylation sites is 2. The van der Waals surface area contributed by atoms with E-state index >= 15 is 0 Å². The third-order valence-electron chi connectivity index (χ3n) is 18.9. The number of hydrogen-bond acceptors (Lipinski definition) is 24. The lowest BCUT2D eigenvalue weighted by Gasteiger charge is -2.30. The van der Waals surface area contributed by atoms with Gasteiger partial charge < -0.3 is 122 Å². The van der Waals surface area contributed by atoms with Gasteiger partial charge in [0.15, 0.2) is 5.78 Å². The Morgan fingerprint density at radius 2 is 1.09 bits per heavy atom. The average molecular weight is 1660 g/mol. The highest BCUT2D eigenvalue weighted by atomic mass is 16.5. The topological polar surface area (TPSA) is 702 Å². The molecule has 1 saturated heterocycles. The number of aromatic amines is 1. The number of nitrogen functional groups attached to an aromatic ring is 1. The van der Waals surface area contributed by atoms with Crippen LogP contribution in [-0.4, -0.2) is 248 Å². The van der Waals surface area contributed by atoms with Crippen molar-refractivity contribution >= 4 is 135 Å². The number of fused-ring (bicyclic) bond motifs is 1. The number of ketones is 1. The van der Waals surface area contributed by atoms with Gasteiger partial charge in [-0.1, -0.05) is 96.0 Å². The predicted octanol–water partition coefficient (Wildman–Crippen LogP) is -4.60. The minimum atomic E-state index is -2.45. The molecule has 0 bridgehead atoms. The lowest BCUT2D eigenvalue weighted by Crippen LogP contribution is -2.62. The molecule has 1 aliphatic rings. The van der Waals surface area contributed by atoms with Crippen molar-refractivity contribution in [3.63, 3.8) is 0 Å². The Hall–Kier alpha value is -12.7. The van der Waals surface area contributed by atoms with Crippen LogP contribution < -0.4 is 86.3 Å². The molecule has 2 heterocycles. The van der Waals surface area contributed by atoms with Crippen molar-refractivity contribution in [3.05, 3.63) is 65.9 Å². The largest absolute Gasteiger partial charge is 0.481 e. The van der Waals surface area contributed by atoms with Crippen molar-refractivity contribution < 1.29 is 126 Å². The van der Waals surface area contributed by atoms with Crippen LogP contribution >= 0.6 is 0 Å². The Morgan fingerprint density at radius 1 is 0.551 bits per heavy atom. The number of carboxylic acid groups (broad SMARTS) is 4. The predicted molar refractivity (Wildman–Crippen MR) is 414 cm³/mol. The molecule has 648 valence electrons. The number of hydrogen-bond donors (Lipinski definition) is 22. The van der Waals surface area contributed by atoms with Gasteiger partial charge in [0.05, 0.1) is 51.8 Å². The van der Waals surface area contributed by atoms with Crippen molar-refractivity contribution in [3.8, 4) is 0 Å². The molecular formula is C75H107N17O26. The zero-order valence-corrected chi connectivity index (χ0v) is 65.9. The van der Waals surface area contributed by atoms with Crippen LogP contribution in [0.15, 0.2) is 54.7 Å². The number of esters is 1. The molecule has 1 fully saturated rings. The number of rotatable bonds is 37. The number of amides is 14. The summed E-state index contributed by atoms with van der Waals surface area (Å²) >= 11 is 0. The fourth-order valence-electron chi connectivity index (χ4n) is 12.2. The zero-order chi connectivity index (χ0) is 88.0. The Labute approximate surface area is 676 Å². The van der Waals surface area contributed by atoms with Crippen LogP contribution in [-0.2, 0) is 102 Å². The molecule has 0 spiro atoms. The van der Waals surface area contributed by atoms with Crippen molar-refractivity contribution in [1.82, 2.24) is 74.1 Å². The number of aliphatic hydroxyl groups excluding tert-OH is 1. The Morgan fingerprint density at radius 3 is 1.69 bits per heavy atom. The number of aliphatic carboxylic acids is 4. The molecule has 0 radical (unpaired) electrons. The van der Waals surface area contributed by atoms with Crippen LogP contribution in [0.4, 0.5) is 5.69 Å². The molecule has 2 aromatic carbocycles. The standard InChI is InChI=1S/C75H107N17O26/c1-6-37(2)18-11-9-7-8-10-12-24-56(96)84-47(27-41-33-79-45-22-16-14-19-42(41)45)69(111)87-48(29-55(78)95)70(112)89-51(32-62(105)106)71(113)92-64-40(5)118-75(117)52(28-54(94)43-20-13-15-21-44(43)77)90-74(116)63(38(3)26-59(99)100)91-72(114)53(36-93)85-58(98)34-80-66(108)49(30-60(101)102)86-65(107)39(4)82-68(110)50(31-61(103)104)88-67(109)46(23-17-25-76)83-57(97)35-81-73(64)115/h13-16,19-22,33,37-40,46-53,63-64,79,93H,6-12,17-18,23-32,34-36,76-77H2,1-5H3,(H2,78,95)(H,80,108)(H,81,115)(H,82,110)(H,83,97)(H,84,96)(H,85,98)(H,86,107)(H,87,111)(H,88,109)(H,89,112)(H,90,116)(H,91,114)(H,92,113)(H,99,100)(H,101,102)(H,103,104)(H,105,106)/t37?,38?,39?,40-,46?,47?,48?,49?,50?,51?,52?,53?,63?,64+/m1/s1. The van der Waals surface area contributed by atoms with Crippen molar-refractivity contribution in [2.75, 3.05) is 32.0 Å². The van der Waals surface area contributed by atoms with E-state index in [2.05, 4.69) is 72.0 Å². The maximum Gasteiger partial charge on any atom is 0.329 e. The monoisotopic (exact) mass is 1660 g/mol. The molecule has 14 atom stereocenters. The lowest BCUT2D eigenvalue weighted by molar-refractivity contribution is -0.156. The number of carbonyl (C=O) groups is 20. The Balaban J connectivity index is 1.86. The molecule has 1 aliphatic heterocycles. The van der Waals surface area contributed by atoms with Gasteiger partial charge in [0.1, 0.15) is 72.6 Å². The number of unbranched alkanes of at least 4 members (excludes halogenated alkanes) is 5. The number of cyclic esters (lactones) is 1. The van der Waals surface area contributed by atoms with Gasteiger partial charge in [-0.3, -0.25) is 91.1 Å². The van der Waals surface area contributed by atoms with Crippen LogP contribution in [0.5, 0.6) is 0 Å². The summed E-state index contributed by atoms with van der Waals surface area (Å²) in [6.45, 7) is 3.37. The first-order valence-corrected chi connectivity index (χ1v) is 38.2. The second-order valence-electron chi connectivity index (χ2n) is 28.6. The number of anilines is 1. The summed E-state index contributed by atoms with van der Waals surface area (Å²) in [5.74, 6) is -29.1. The molecule has 1 aromatic heterocycles. The number of carbonyl (C=O) groups excluding carboxylic acids is 16. The minimum absolute atomic E-state index is 0.0195. The van der Waals surface area contributed by atoms with Gasteiger partial charge in [-0.15, -0.1) is 0 Å². The smallest absolute Gasteiger partial charge is 0.329 e. The summed E-state index contributed by atoms with van der Waals surface area (Å²) in [5.41, 5.74) is 18.1. The third kappa shape index (κ3) is 33.6. The van der Waals surface area contributed by atoms with Gasteiger partial charge in [0.25, 0.3) is 0 Å². The first-order valence-electron chi connectivity index (χ1n) is 38.2. The molecule has 25 N–H and O–H groups in total. The van der Waals surface area contributed by atoms with Gasteiger partial charge in [0, 0.05) is 47.6 Å². The fraction of sp³-hybridized carbons (Fsp3) is 0.547. The molecule has 118 heavy (non-hydrogen) atoms. The number of aromatic nitrogens is 1. The summed E-state index contributed by atoms with van der Waals surface area (Å²) in [4.78, 5) is 277. The van der Waals surface area contributed by atoms with Crippen LogP contribution in [0.2, 0.25) is 0 Å². The van der Waals surface area contributed by atoms with Gasteiger partial charge in [-0.2, -0.15) is 0 Å². The SMILES string of the molecule is CCC(C)CCCCCCCCC(=O)NC(Cc1c[nH]c2ccccc12)C(=O)NC(CC(N)=O)C(=O)NC(CC(=O)O)C(=O)N[C@@H]1C(=O)NCC(=O)NC(CCCN)C(=O)NC(CC(=O)O)C(=O)NC(C)C(=O)NC(CC(=O)O)C(=O)NCC(=O)NC(CO)C(=O)NC(C(C)CC(=O)O)C(=O)NC(CC(=O)c2ccccc2N)C(=O)O[C@@H]1C. The molecule has 0 aliphatic carbocycles. The Bertz CT molecular complexity index is 4120. The van der Waals surface area contributed by atoms with Crippen LogP contribution in [0.3, 0.4) is 0 Å². The summed E-state index contributed by atoms with van der Waals surface area (Å²) in [5, 5.41) is 78.8. The highest BCUT2D eigenvalue weighted by Gasteiger charge is 2.41. The number of carboxylic acids is 4. The average Bonchev–Trinajstić information content (AvgIpc) is 1.69. The second-order valence-corrected chi connectivity index (χ2v) is 28.6. The summed E-state index contributed by atoms with van der Waals surface area (Å²) in [6, 6.07) is -10.5. The lowest BCUT2D eigenvalue weighted by atomic mass is 9.96.